The first-order chi connectivity index (χ1) is 8.02. The first-order valence-corrected chi connectivity index (χ1v) is 5.81. The summed E-state index contributed by atoms with van der Waals surface area (Å²) in [6.45, 7) is 6.32. The Labute approximate surface area is 102 Å². The highest BCUT2D eigenvalue weighted by atomic mass is 16.5. The zero-order valence-corrected chi connectivity index (χ0v) is 10.6. The third kappa shape index (κ3) is 4.44. The highest BCUT2D eigenvalue weighted by Crippen LogP contribution is 2.21. The van der Waals surface area contributed by atoms with Crippen molar-refractivity contribution >= 4 is 11.6 Å². The van der Waals surface area contributed by atoms with E-state index in [0.717, 1.165) is 17.0 Å². The molecule has 1 atom stereocenters. The monoisotopic (exact) mass is 236 g/mol. The Balaban J connectivity index is 2.69. The lowest BCUT2D eigenvalue weighted by molar-refractivity contribution is -0.116. The minimum Gasteiger partial charge on any atom is -0.494 e. The lowest BCUT2D eigenvalue weighted by Gasteiger charge is -2.11. The van der Waals surface area contributed by atoms with Gasteiger partial charge in [-0.2, -0.15) is 0 Å². The predicted octanol–water partition coefficient (Wildman–Crippen LogP) is 2.07. The summed E-state index contributed by atoms with van der Waals surface area (Å²) in [5.41, 5.74) is 7.35. The molecular formula is C13H20N2O2. The molecule has 1 amide bonds. The van der Waals surface area contributed by atoms with E-state index in [4.69, 9.17) is 10.5 Å². The number of ether oxygens (including phenoxy) is 1. The van der Waals surface area contributed by atoms with Crippen molar-refractivity contribution in [1.29, 1.82) is 0 Å². The van der Waals surface area contributed by atoms with Crippen molar-refractivity contribution in [2.75, 3.05) is 11.9 Å². The molecule has 94 valence electrons. The van der Waals surface area contributed by atoms with Crippen LogP contribution in [0.2, 0.25) is 0 Å². The van der Waals surface area contributed by atoms with E-state index >= 15 is 0 Å². The molecule has 4 nitrogen and oxygen atoms in total. The van der Waals surface area contributed by atoms with Gasteiger partial charge in [-0.05, 0) is 44.5 Å². The Morgan fingerprint density at radius 3 is 2.76 bits per heavy atom. The van der Waals surface area contributed by atoms with Crippen LogP contribution in [0.4, 0.5) is 5.69 Å². The number of amides is 1. The van der Waals surface area contributed by atoms with Gasteiger partial charge in [0.25, 0.3) is 0 Å². The van der Waals surface area contributed by atoms with Crippen LogP contribution in [0.1, 0.15) is 25.8 Å². The number of rotatable bonds is 5. The van der Waals surface area contributed by atoms with Gasteiger partial charge in [0.15, 0.2) is 0 Å². The number of anilines is 1. The molecule has 3 N–H and O–H groups in total. The zero-order valence-electron chi connectivity index (χ0n) is 10.6. The van der Waals surface area contributed by atoms with E-state index in [1.54, 1.807) is 0 Å². The smallest absolute Gasteiger partial charge is 0.225 e. The molecule has 0 spiro atoms. The Morgan fingerprint density at radius 1 is 1.53 bits per heavy atom. The number of nitrogens with two attached hydrogens (primary N) is 1. The summed E-state index contributed by atoms with van der Waals surface area (Å²) in [6.07, 6.45) is 0.326. The van der Waals surface area contributed by atoms with Crippen LogP contribution < -0.4 is 15.8 Å². The van der Waals surface area contributed by atoms with Gasteiger partial charge in [-0.25, -0.2) is 0 Å². The fourth-order valence-corrected chi connectivity index (χ4v) is 1.53. The van der Waals surface area contributed by atoms with Gasteiger partial charge in [0.1, 0.15) is 5.75 Å². The molecule has 0 fully saturated rings. The maximum absolute atomic E-state index is 11.6. The van der Waals surface area contributed by atoms with E-state index in [1.165, 1.54) is 0 Å². The first kappa shape index (κ1) is 13.5. The molecule has 0 saturated carbocycles. The van der Waals surface area contributed by atoms with Gasteiger partial charge in [0.05, 0.1) is 6.61 Å². The predicted molar refractivity (Wildman–Crippen MR) is 69.2 cm³/mol. The maximum Gasteiger partial charge on any atom is 0.225 e. The molecule has 1 rings (SSSR count). The van der Waals surface area contributed by atoms with Crippen molar-refractivity contribution in [1.82, 2.24) is 0 Å². The van der Waals surface area contributed by atoms with Gasteiger partial charge in [-0.3, -0.25) is 4.79 Å². The van der Waals surface area contributed by atoms with E-state index in [0.29, 0.717) is 13.0 Å². The molecule has 0 aliphatic carbocycles. The third-order valence-electron chi connectivity index (χ3n) is 2.29. The largest absolute Gasteiger partial charge is 0.494 e. The fourth-order valence-electron chi connectivity index (χ4n) is 1.53. The van der Waals surface area contributed by atoms with Gasteiger partial charge in [0, 0.05) is 18.2 Å². The van der Waals surface area contributed by atoms with E-state index < -0.39 is 0 Å². The van der Waals surface area contributed by atoms with Crippen LogP contribution >= 0.6 is 0 Å². The Hall–Kier alpha value is -1.55. The van der Waals surface area contributed by atoms with E-state index in [9.17, 15) is 4.79 Å². The molecule has 17 heavy (non-hydrogen) atoms. The van der Waals surface area contributed by atoms with Crippen molar-refractivity contribution < 1.29 is 9.53 Å². The molecule has 4 heteroatoms. The number of benzene rings is 1. The SMILES string of the molecule is CCOc1ccc(NC(=O)CC(C)N)c(C)c1. The molecule has 0 heterocycles. The first-order valence-electron chi connectivity index (χ1n) is 5.81. The summed E-state index contributed by atoms with van der Waals surface area (Å²) < 4.78 is 5.38. The minimum atomic E-state index is -0.127. The van der Waals surface area contributed by atoms with Crippen LogP contribution in [0.5, 0.6) is 5.75 Å². The van der Waals surface area contributed by atoms with Crippen LogP contribution in [0, 0.1) is 6.92 Å². The standard InChI is InChI=1S/C13H20N2O2/c1-4-17-11-5-6-12(9(2)7-11)15-13(16)8-10(3)14/h5-7,10H,4,8,14H2,1-3H3,(H,15,16). The van der Waals surface area contributed by atoms with Gasteiger partial charge in [-0.1, -0.05) is 0 Å². The van der Waals surface area contributed by atoms with Crippen molar-refractivity contribution in [3.8, 4) is 5.75 Å². The maximum atomic E-state index is 11.6. The molecule has 0 radical (unpaired) electrons. The van der Waals surface area contributed by atoms with Gasteiger partial charge in [-0.15, -0.1) is 0 Å². The van der Waals surface area contributed by atoms with Gasteiger partial charge < -0.3 is 15.8 Å². The van der Waals surface area contributed by atoms with Crippen LogP contribution in [-0.2, 0) is 4.79 Å². The van der Waals surface area contributed by atoms with Crippen molar-refractivity contribution in [2.45, 2.75) is 33.2 Å². The normalized spacial score (nSPS) is 12.0. The second-order valence-electron chi connectivity index (χ2n) is 4.14. The highest BCUT2D eigenvalue weighted by Gasteiger charge is 2.07. The van der Waals surface area contributed by atoms with Gasteiger partial charge >= 0.3 is 0 Å². The van der Waals surface area contributed by atoms with Crippen LogP contribution in [0.15, 0.2) is 18.2 Å². The zero-order chi connectivity index (χ0) is 12.8. The number of aryl methyl sites for hydroxylation is 1. The van der Waals surface area contributed by atoms with Gasteiger partial charge in [0.2, 0.25) is 5.91 Å². The number of carbonyl (C=O) groups is 1. The van der Waals surface area contributed by atoms with Crippen LogP contribution in [0.3, 0.4) is 0 Å². The summed E-state index contributed by atoms with van der Waals surface area (Å²) >= 11 is 0. The van der Waals surface area contributed by atoms with Crippen molar-refractivity contribution in [3.63, 3.8) is 0 Å². The average Bonchev–Trinajstić information content (AvgIpc) is 2.21. The summed E-state index contributed by atoms with van der Waals surface area (Å²) in [4.78, 5) is 11.6. The van der Waals surface area contributed by atoms with Crippen LogP contribution in [-0.4, -0.2) is 18.6 Å². The molecule has 1 aromatic rings. The summed E-state index contributed by atoms with van der Waals surface area (Å²) in [6, 6.07) is 5.47. The summed E-state index contributed by atoms with van der Waals surface area (Å²) in [5.74, 6) is 0.752. The Bertz CT molecular complexity index is 389. The number of hydrogen-bond donors (Lipinski definition) is 2. The van der Waals surface area contributed by atoms with Crippen LogP contribution in [0.25, 0.3) is 0 Å². The Kier molecular flexibility index (Phi) is 4.97. The second kappa shape index (κ2) is 6.25. The van der Waals surface area contributed by atoms with Crippen molar-refractivity contribution in [3.05, 3.63) is 23.8 Å². The molecular weight excluding hydrogens is 216 g/mol. The summed E-state index contributed by atoms with van der Waals surface area (Å²) in [7, 11) is 0. The Morgan fingerprint density at radius 2 is 2.24 bits per heavy atom. The lowest BCUT2D eigenvalue weighted by atomic mass is 10.1. The molecule has 1 aromatic carbocycles. The molecule has 0 aromatic heterocycles. The fraction of sp³-hybridized carbons (Fsp3) is 0.462. The molecule has 0 bridgehead atoms. The second-order valence-corrected chi connectivity index (χ2v) is 4.14. The molecule has 0 saturated heterocycles. The molecule has 0 aliphatic rings. The topological polar surface area (TPSA) is 64.3 Å². The molecule has 1 unspecified atom stereocenters. The summed E-state index contributed by atoms with van der Waals surface area (Å²) in [5, 5.41) is 2.84. The lowest BCUT2D eigenvalue weighted by Crippen LogP contribution is -2.24. The molecule has 0 aliphatic heterocycles. The van der Waals surface area contributed by atoms with Crippen molar-refractivity contribution in [2.24, 2.45) is 5.73 Å². The minimum absolute atomic E-state index is 0.0627. The quantitative estimate of drug-likeness (QED) is 0.822. The highest BCUT2D eigenvalue weighted by molar-refractivity contribution is 5.91. The third-order valence-corrected chi connectivity index (χ3v) is 2.29. The average molecular weight is 236 g/mol. The van der Waals surface area contributed by atoms with E-state index in [2.05, 4.69) is 5.32 Å². The number of carbonyl (C=O) groups excluding carboxylic acids is 1. The number of hydrogen-bond acceptors (Lipinski definition) is 3. The van der Waals surface area contributed by atoms with E-state index in [1.807, 2.05) is 39.0 Å². The van der Waals surface area contributed by atoms with E-state index in [-0.39, 0.29) is 11.9 Å². The number of nitrogens with one attached hydrogen (secondary N) is 1.